The number of hydrogen-bond donors (Lipinski definition) is 0. The molecule has 5 heteroatoms. The molecule has 0 unspecified atom stereocenters. The number of nitrogens with zero attached hydrogens (tertiary/aromatic N) is 1. The summed E-state index contributed by atoms with van der Waals surface area (Å²) >= 11 is 0. The van der Waals surface area contributed by atoms with Gasteiger partial charge in [-0.25, -0.2) is 4.79 Å². The molecule has 5 nitrogen and oxygen atoms in total. The largest absolute Gasteiger partial charge is 0.497 e. The van der Waals surface area contributed by atoms with Crippen LogP contribution in [0.2, 0.25) is 0 Å². The van der Waals surface area contributed by atoms with Crippen molar-refractivity contribution in [1.82, 2.24) is 4.90 Å². The summed E-state index contributed by atoms with van der Waals surface area (Å²) in [7, 11) is 2.96. The second-order valence-corrected chi connectivity index (χ2v) is 5.37. The van der Waals surface area contributed by atoms with Gasteiger partial charge in [0.15, 0.2) is 0 Å². The Labute approximate surface area is 134 Å². The molecule has 3 rings (SSSR count). The number of hydrogen-bond acceptors (Lipinski definition) is 4. The van der Waals surface area contributed by atoms with Crippen LogP contribution in [0, 0.1) is 0 Å². The van der Waals surface area contributed by atoms with E-state index in [9.17, 15) is 9.59 Å². The Morgan fingerprint density at radius 3 is 2.52 bits per heavy atom. The number of methoxy groups -OCH3 is 2. The second-order valence-electron chi connectivity index (χ2n) is 5.37. The third-order valence-electron chi connectivity index (χ3n) is 3.94. The third kappa shape index (κ3) is 2.90. The van der Waals surface area contributed by atoms with E-state index in [2.05, 4.69) is 0 Å². The maximum atomic E-state index is 12.5. The number of carbonyl (C=O) groups excluding carboxylic acids is 2. The van der Waals surface area contributed by atoms with Crippen molar-refractivity contribution in [3.05, 3.63) is 64.7 Å². The first-order chi connectivity index (χ1) is 11.1. The summed E-state index contributed by atoms with van der Waals surface area (Å²) in [6, 6.07) is 12.7. The summed E-state index contributed by atoms with van der Waals surface area (Å²) in [5.41, 5.74) is 2.99. The van der Waals surface area contributed by atoms with Crippen molar-refractivity contribution in [3.8, 4) is 5.75 Å². The van der Waals surface area contributed by atoms with Crippen LogP contribution in [-0.2, 0) is 17.8 Å². The molecule has 0 saturated heterocycles. The summed E-state index contributed by atoms with van der Waals surface area (Å²) in [5.74, 6) is 0.369. The minimum absolute atomic E-state index is 0.0211. The molecule has 0 spiro atoms. The van der Waals surface area contributed by atoms with Crippen LogP contribution < -0.4 is 4.74 Å². The Hall–Kier alpha value is -2.82. The van der Waals surface area contributed by atoms with Gasteiger partial charge in [-0.15, -0.1) is 0 Å². The van der Waals surface area contributed by atoms with Crippen molar-refractivity contribution in [2.75, 3.05) is 14.2 Å². The number of rotatable bonds is 4. The van der Waals surface area contributed by atoms with Gasteiger partial charge < -0.3 is 14.4 Å². The maximum Gasteiger partial charge on any atom is 0.337 e. The van der Waals surface area contributed by atoms with E-state index in [-0.39, 0.29) is 5.91 Å². The Kier molecular flexibility index (Phi) is 4.02. The summed E-state index contributed by atoms with van der Waals surface area (Å²) in [6.07, 6.45) is 0. The third-order valence-corrected chi connectivity index (χ3v) is 3.94. The lowest BCUT2D eigenvalue weighted by Gasteiger charge is -2.15. The molecule has 0 fully saturated rings. The Balaban J connectivity index is 1.78. The van der Waals surface area contributed by atoms with E-state index < -0.39 is 5.97 Å². The fraction of sp³-hybridized carbons (Fsp3) is 0.222. The molecule has 1 aliphatic heterocycles. The first-order valence-corrected chi connectivity index (χ1v) is 7.26. The van der Waals surface area contributed by atoms with Gasteiger partial charge in [-0.3, -0.25) is 4.79 Å². The number of esters is 1. The molecule has 118 valence electrons. The molecular weight excluding hydrogens is 294 g/mol. The predicted molar refractivity (Wildman–Crippen MR) is 84.4 cm³/mol. The summed E-state index contributed by atoms with van der Waals surface area (Å²) < 4.78 is 9.85. The highest BCUT2D eigenvalue weighted by Gasteiger charge is 2.28. The molecule has 0 saturated carbocycles. The number of carbonyl (C=O) groups is 2. The number of benzene rings is 2. The zero-order valence-corrected chi connectivity index (χ0v) is 13.0. The predicted octanol–water partition coefficient (Wildman–Crippen LogP) is 2.64. The lowest BCUT2D eigenvalue weighted by molar-refractivity contribution is 0.0600. The zero-order chi connectivity index (χ0) is 16.4. The van der Waals surface area contributed by atoms with Crippen molar-refractivity contribution < 1.29 is 19.1 Å². The molecule has 1 amide bonds. The van der Waals surface area contributed by atoms with E-state index in [4.69, 9.17) is 9.47 Å². The average Bonchev–Trinajstić information content (AvgIpc) is 2.90. The molecule has 0 atom stereocenters. The molecule has 23 heavy (non-hydrogen) atoms. The molecule has 1 aliphatic rings. The molecule has 0 N–H and O–H groups in total. The fourth-order valence-corrected chi connectivity index (χ4v) is 2.70. The Bertz CT molecular complexity index is 752. The zero-order valence-electron chi connectivity index (χ0n) is 13.0. The lowest BCUT2D eigenvalue weighted by Crippen LogP contribution is -2.23. The highest BCUT2D eigenvalue weighted by atomic mass is 16.5. The normalized spacial score (nSPS) is 13.0. The van der Waals surface area contributed by atoms with Crippen molar-refractivity contribution in [2.45, 2.75) is 13.1 Å². The van der Waals surface area contributed by atoms with Gasteiger partial charge in [0.05, 0.1) is 19.8 Å². The van der Waals surface area contributed by atoms with Gasteiger partial charge in [0.2, 0.25) is 0 Å². The summed E-state index contributed by atoms with van der Waals surface area (Å²) in [4.78, 5) is 25.8. The van der Waals surface area contributed by atoms with Crippen molar-refractivity contribution >= 4 is 11.9 Å². The number of fused-ring (bicyclic) bond motifs is 1. The van der Waals surface area contributed by atoms with Crippen LogP contribution in [0.15, 0.2) is 42.5 Å². The first kappa shape index (κ1) is 15.1. The van der Waals surface area contributed by atoms with Gasteiger partial charge >= 0.3 is 5.97 Å². The number of ether oxygens (including phenoxy) is 2. The van der Waals surface area contributed by atoms with Gasteiger partial charge in [0, 0.05) is 18.7 Å². The standard InChI is InChI=1S/C18H17NO4/c1-22-15-6-3-12(4-7-15)10-19-11-14-9-13(18(21)23-2)5-8-16(14)17(19)20/h3-9H,10-11H2,1-2H3. The molecule has 0 aromatic heterocycles. The van der Waals surface area contributed by atoms with E-state index >= 15 is 0 Å². The molecule has 2 aromatic rings. The number of amides is 1. The highest BCUT2D eigenvalue weighted by molar-refractivity contribution is 6.00. The van der Waals surface area contributed by atoms with Gasteiger partial charge in [-0.1, -0.05) is 12.1 Å². The van der Waals surface area contributed by atoms with E-state index in [1.165, 1.54) is 7.11 Å². The lowest BCUT2D eigenvalue weighted by atomic mass is 10.1. The smallest absolute Gasteiger partial charge is 0.337 e. The topological polar surface area (TPSA) is 55.8 Å². The summed E-state index contributed by atoms with van der Waals surface area (Å²) in [5, 5.41) is 0. The fourth-order valence-electron chi connectivity index (χ4n) is 2.70. The van der Waals surface area contributed by atoms with Gasteiger partial charge in [-0.2, -0.15) is 0 Å². The Morgan fingerprint density at radius 1 is 1.13 bits per heavy atom. The van der Waals surface area contributed by atoms with E-state index in [0.717, 1.165) is 16.9 Å². The minimum Gasteiger partial charge on any atom is -0.497 e. The second kappa shape index (κ2) is 6.12. The monoisotopic (exact) mass is 311 g/mol. The molecule has 2 aromatic carbocycles. The van der Waals surface area contributed by atoms with E-state index in [1.54, 1.807) is 30.2 Å². The highest BCUT2D eigenvalue weighted by Crippen LogP contribution is 2.26. The molecular formula is C18H17NO4. The van der Waals surface area contributed by atoms with Crippen LogP contribution in [0.5, 0.6) is 5.75 Å². The van der Waals surface area contributed by atoms with E-state index in [0.29, 0.717) is 24.2 Å². The maximum absolute atomic E-state index is 12.5. The molecule has 0 radical (unpaired) electrons. The van der Waals surface area contributed by atoms with Crippen LogP contribution in [0.4, 0.5) is 0 Å². The van der Waals surface area contributed by atoms with Gasteiger partial charge in [-0.05, 0) is 41.5 Å². The SMILES string of the molecule is COC(=O)c1ccc2c(c1)CN(Cc1ccc(OC)cc1)C2=O. The van der Waals surface area contributed by atoms with Crippen LogP contribution in [0.25, 0.3) is 0 Å². The average molecular weight is 311 g/mol. The van der Waals surface area contributed by atoms with Crippen LogP contribution in [0.1, 0.15) is 31.8 Å². The van der Waals surface area contributed by atoms with Crippen LogP contribution in [0.3, 0.4) is 0 Å². The van der Waals surface area contributed by atoms with Crippen LogP contribution in [-0.4, -0.2) is 31.0 Å². The minimum atomic E-state index is -0.395. The molecule has 0 aliphatic carbocycles. The quantitative estimate of drug-likeness (QED) is 0.815. The summed E-state index contributed by atoms with van der Waals surface area (Å²) in [6.45, 7) is 1.01. The van der Waals surface area contributed by atoms with E-state index in [1.807, 2.05) is 24.3 Å². The van der Waals surface area contributed by atoms with Crippen LogP contribution >= 0.6 is 0 Å². The Morgan fingerprint density at radius 2 is 1.87 bits per heavy atom. The molecule has 1 heterocycles. The first-order valence-electron chi connectivity index (χ1n) is 7.26. The molecule has 0 bridgehead atoms. The van der Waals surface area contributed by atoms with Gasteiger partial charge in [0.25, 0.3) is 5.91 Å². The van der Waals surface area contributed by atoms with Crippen molar-refractivity contribution in [2.24, 2.45) is 0 Å². The van der Waals surface area contributed by atoms with Gasteiger partial charge in [0.1, 0.15) is 5.75 Å². The van der Waals surface area contributed by atoms with Crippen molar-refractivity contribution in [3.63, 3.8) is 0 Å². The van der Waals surface area contributed by atoms with Crippen molar-refractivity contribution in [1.29, 1.82) is 0 Å².